The first kappa shape index (κ1) is 15.8. The van der Waals surface area contributed by atoms with Gasteiger partial charge < -0.3 is 15.2 Å². The summed E-state index contributed by atoms with van der Waals surface area (Å²) in [5, 5.41) is 0. The van der Waals surface area contributed by atoms with Crippen LogP contribution in [0, 0.1) is 6.92 Å². The van der Waals surface area contributed by atoms with Crippen LogP contribution < -0.4 is 15.2 Å². The molecule has 0 aliphatic carbocycles. The normalized spacial score (nSPS) is 10.5. The van der Waals surface area contributed by atoms with E-state index in [1.807, 2.05) is 37.3 Å². The first-order chi connectivity index (χ1) is 10.1. The first-order valence-corrected chi connectivity index (χ1v) is 7.55. The maximum absolute atomic E-state index is 5.97. The second kappa shape index (κ2) is 7.43. The Morgan fingerprint density at radius 1 is 1.29 bits per heavy atom. The van der Waals surface area contributed by atoms with Gasteiger partial charge >= 0.3 is 0 Å². The van der Waals surface area contributed by atoms with Crippen LogP contribution in [0.15, 0.2) is 34.8 Å². The predicted octanol–water partition coefficient (Wildman–Crippen LogP) is 3.24. The fourth-order valence-electron chi connectivity index (χ4n) is 2.14. The van der Waals surface area contributed by atoms with Gasteiger partial charge in [0.15, 0.2) is 0 Å². The summed E-state index contributed by atoms with van der Waals surface area (Å²) in [4.78, 5) is 4.35. The van der Waals surface area contributed by atoms with Gasteiger partial charge in [-0.3, -0.25) is 0 Å². The van der Waals surface area contributed by atoms with Crippen molar-refractivity contribution in [1.29, 1.82) is 0 Å². The molecule has 0 radical (unpaired) electrons. The van der Waals surface area contributed by atoms with Crippen molar-refractivity contribution in [1.82, 2.24) is 4.98 Å². The number of aryl methyl sites for hydroxylation is 1. The molecule has 2 rings (SSSR count). The van der Waals surface area contributed by atoms with Gasteiger partial charge in [-0.05, 0) is 49.2 Å². The topological polar surface area (TPSA) is 57.4 Å². The summed E-state index contributed by atoms with van der Waals surface area (Å²) in [6.07, 6.45) is 0.779. The van der Waals surface area contributed by atoms with Crippen LogP contribution >= 0.6 is 15.9 Å². The van der Waals surface area contributed by atoms with Crippen molar-refractivity contribution >= 4 is 15.9 Å². The number of methoxy groups -OCH3 is 1. The van der Waals surface area contributed by atoms with Gasteiger partial charge in [0.1, 0.15) is 12.4 Å². The van der Waals surface area contributed by atoms with E-state index in [2.05, 4.69) is 20.9 Å². The van der Waals surface area contributed by atoms with Gasteiger partial charge in [0, 0.05) is 10.5 Å². The number of halogens is 1. The molecule has 2 N–H and O–H groups in total. The molecule has 0 unspecified atom stereocenters. The van der Waals surface area contributed by atoms with Crippen LogP contribution in [0.25, 0.3) is 0 Å². The summed E-state index contributed by atoms with van der Waals surface area (Å²) in [7, 11) is 1.60. The second-order valence-corrected chi connectivity index (χ2v) is 5.63. The zero-order chi connectivity index (χ0) is 15.2. The van der Waals surface area contributed by atoms with E-state index in [1.54, 1.807) is 7.11 Å². The Morgan fingerprint density at radius 2 is 2.10 bits per heavy atom. The highest BCUT2D eigenvalue weighted by Gasteiger charge is 2.09. The molecule has 0 bridgehead atoms. The van der Waals surface area contributed by atoms with Gasteiger partial charge in [0.2, 0.25) is 5.88 Å². The first-order valence-electron chi connectivity index (χ1n) is 6.76. The Labute approximate surface area is 133 Å². The molecule has 0 aliphatic heterocycles. The molecule has 5 heteroatoms. The van der Waals surface area contributed by atoms with E-state index >= 15 is 0 Å². The van der Waals surface area contributed by atoms with E-state index in [1.165, 1.54) is 0 Å². The lowest BCUT2D eigenvalue weighted by Crippen LogP contribution is -2.07. The number of aromatic nitrogens is 1. The Kier molecular flexibility index (Phi) is 5.59. The van der Waals surface area contributed by atoms with Crippen molar-refractivity contribution in [2.75, 3.05) is 13.7 Å². The van der Waals surface area contributed by atoms with E-state index in [-0.39, 0.29) is 0 Å². The molecule has 112 valence electrons. The number of pyridine rings is 1. The fourth-order valence-corrected chi connectivity index (χ4v) is 2.76. The zero-order valence-electron chi connectivity index (χ0n) is 12.2. The van der Waals surface area contributed by atoms with Crippen LogP contribution in [0.1, 0.15) is 16.8 Å². The van der Waals surface area contributed by atoms with E-state index in [0.717, 1.165) is 33.5 Å². The van der Waals surface area contributed by atoms with Crippen molar-refractivity contribution < 1.29 is 9.47 Å². The Hall–Kier alpha value is -1.59. The maximum Gasteiger partial charge on any atom is 0.213 e. The second-order valence-electron chi connectivity index (χ2n) is 4.71. The number of benzene rings is 1. The van der Waals surface area contributed by atoms with E-state index in [9.17, 15) is 0 Å². The molecule has 1 aromatic heterocycles. The van der Waals surface area contributed by atoms with Crippen LogP contribution in [-0.2, 0) is 13.0 Å². The van der Waals surface area contributed by atoms with Gasteiger partial charge in [-0.15, -0.1) is 0 Å². The molecule has 0 fully saturated rings. The van der Waals surface area contributed by atoms with Crippen LogP contribution in [0.5, 0.6) is 11.6 Å². The molecule has 0 spiro atoms. The van der Waals surface area contributed by atoms with Crippen molar-refractivity contribution in [2.24, 2.45) is 5.73 Å². The number of nitrogens with two attached hydrogens (primary N) is 1. The highest BCUT2D eigenvalue weighted by atomic mass is 79.9. The molecule has 0 amide bonds. The minimum atomic E-state index is 0.400. The summed E-state index contributed by atoms with van der Waals surface area (Å²) >= 11 is 3.51. The average molecular weight is 351 g/mol. The van der Waals surface area contributed by atoms with Crippen molar-refractivity contribution in [3.63, 3.8) is 0 Å². The molecule has 1 aromatic carbocycles. The van der Waals surface area contributed by atoms with Crippen molar-refractivity contribution in [3.8, 4) is 11.6 Å². The maximum atomic E-state index is 5.97. The minimum absolute atomic E-state index is 0.400. The third kappa shape index (κ3) is 4.19. The molecule has 1 heterocycles. The van der Waals surface area contributed by atoms with Gasteiger partial charge in [0.25, 0.3) is 0 Å². The van der Waals surface area contributed by atoms with Crippen LogP contribution in [0.2, 0.25) is 0 Å². The van der Waals surface area contributed by atoms with E-state index < -0.39 is 0 Å². The lowest BCUT2D eigenvalue weighted by atomic mass is 10.1. The lowest BCUT2D eigenvalue weighted by Gasteiger charge is -2.14. The molecule has 0 aliphatic rings. The molecule has 0 saturated carbocycles. The summed E-state index contributed by atoms with van der Waals surface area (Å²) < 4.78 is 12.1. The average Bonchev–Trinajstić information content (AvgIpc) is 2.47. The smallest absolute Gasteiger partial charge is 0.213 e. The molecule has 0 atom stereocenters. The highest BCUT2D eigenvalue weighted by Crippen LogP contribution is 2.29. The standard InChI is InChI=1S/C16H19BrN2O2/c1-11-8-13(17)9-12(6-7-18)16(11)21-10-14-4-3-5-15(19-14)20-2/h3-5,8-9H,6-7,10,18H2,1-2H3. The number of rotatable bonds is 6. The largest absolute Gasteiger partial charge is 0.487 e. The third-order valence-electron chi connectivity index (χ3n) is 3.08. The number of hydrogen-bond acceptors (Lipinski definition) is 4. The van der Waals surface area contributed by atoms with Crippen LogP contribution in [0.4, 0.5) is 0 Å². The van der Waals surface area contributed by atoms with Gasteiger partial charge in [0.05, 0.1) is 12.8 Å². The fraction of sp³-hybridized carbons (Fsp3) is 0.312. The molecule has 21 heavy (non-hydrogen) atoms. The molecule has 0 saturated heterocycles. The van der Waals surface area contributed by atoms with Crippen molar-refractivity contribution in [3.05, 3.63) is 51.6 Å². The quantitative estimate of drug-likeness (QED) is 0.868. The molecule has 2 aromatic rings. The SMILES string of the molecule is COc1cccc(COc2c(C)cc(Br)cc2CCN)n1. The predicted molar refractivity (Wildman–Crippen MR) is 86.8 cm³/mol. The summed E-state index contributed by atoms with van der Waals surface area (Å²) in [5.41, 5.74) is 8.69. The van der Waals surface area contributed by atoms with E-state index in [0.29, 0.717) is 19.0 Å². The minimum Gasteiger partial charge on any atom is -0.487 e. The number of ether oxygens (including phenoxy) is 2. The Bertz CT molecular complexity index is 617. The van der Waals surface area contributed by atoms with Gasteiger partial charge in [-0.2, -0.15) is 0 Å². The van der Waals surface area contributed by atoms with E-state index in [4.69, 9.17) is 15.2 Å². The summed E-state index contributed by atoms with van der Waals surface area (Å²) in [5.74, 6) is 1.47. The summed E-state index contributed by atoms with van der Waals surface area (Å²) in [6.45, 7) is 3.01. The third-order valence-corrected chi connectivity index (χ3v) is 3.54. The molecular formula is C16H19BrN2O2. The Balaban J connectivity index is 2.18. The zero-order valence-corrected chi connectivity index (χ0v) is 13.8. The number of hydrogen-bond donors (Lipinski definition) is 1. The molecule has 4 nitrogen and oxygen atoms in total. The van der Waals surface area contributed by atoms with Crippen LogP contribution in [0.3, 0.4) is 0 Å². The Morgan fingerprint density at radius 3 is 2.81 bits per heavy atom. The van der Waals surface area contributed by atoms with Crippen molar-refractivity contribution in [2.45, 2.75) is 20.0 Å². The summed E-state index contributed by atoms with van der Waals surface area (Å²) in [6, 6.07) is 9.72. The monoisotopic (exact) mass is 350 g/mol. The van der Waals surface area contributed by atoms with Gasteiger partial charge in [-0.25, -0.2) is 4.98 Å². The number of nitrogens with zero attached hydrogens (tertiary/aromatic N) is 1. The lowest BCUT2D eigenvalue weighted by molar-refractivity contribution is 0.293. The highest BCUT2D eigenvalue weighted by molar-refractivity contribution is 9.10. The van der Waals surface area contributed by atoms with Crippen LogP contribution in [-0.4, -0.2) is 18.6 Å². The molecular weight excluding hydrogens is 332 g/mol. The van der Waals surface area contributed by atoms with Gasteiger partial charge in [-0.1, -0.05) is 22.0 Å².